The molecule has 0 fully saturated rings. The summed E-state index contributed by atoms with van der Waals surface area (Å²) < 4.78 is 24.2. The van der Waals surface area contributed by atoms with Crippen molar-refractivity contribution in [2.75, 3.05) is 6.61 Å². The van der Waals surface area contributed by atoms with Gasteiger partial charge in [0.15, 0.2) is 24.9 Å². The molecule has 122 valence electrons. The topological polar surface area (TPSA) is 83.3 Å². The van der Waals surface area contributed by atoms with Crippen LogP contribution in [0.1, 0.15) is 0 Å². The number of aromatic nitrogens is 3. The third-order valence-corrected chi connectivity index (χ3v) is 3.16. The van der Waals surface area contributed by atoms with Gasteiger partial charge >= 0.3 is 5.97 Å². The van der Waals surface area contributed by atoms with Crippen molar-refractivity contribution in [2.45, 2.75) is 6.73 Å². The van der Waals surface area contributed by atoms with Crippen molar-refractivity contribution < 1.29 is 18.7 Å². The molecule has 0 atom stereocenters. The van der Waals surface area contributed by atoms with Crippen molar-refractivity contribution in [1.82, 2.24) is 15.0 Å². The first-order chi connectivity index (χ1) is 11.6. The standard InChI is InChI=1S/C16H12FN3O4/c17-12-6-2-4-8-14(12)23-9-15(21)24-10-20-16(22)11-5-1-3-7-13(11)18-19-20/h1-8H,9-10H2. The van der Waals surface area contributed by atoms with E-state index in [1.807, 2.05) is 0 Å². The first-order valence-corrected chi connectivity index (χ1v) is 7.00. The zero-order valence-corrected chi connectivity index (χ0v) is 12.4. The van der Waals surface area contributed by atoms with Gasteiger partial charge in [-0.25, -0.2) is 9.18 Å². The molecule has 0 aliphatic heterocycles. The van der Waals surface area contributed by atoms with Crippen LogP contribution in [-0.4, -0.2) is 27.6 Å². The van der Waals surface area contributed by atoms with Crippen LogP contribution in [0.25, 0.3) is 10.9 Å². The van der Waals surface area contributed by atoms with E-state index in [-0.39, 0.29) is 5.75 Å². The molecular weight excluding hydrogens is 317 g/mol. The molecule has 0 aliphatic carbocycles. The highest BCUT2D eigenvalue weighted by Gasteiger charge is 2.10. The molecule has 0 aliphatic rings. The molecule has 0 unspecified atom stereocenters. The number of fused-ring (bicyclic) bond motifs is 1. The molecule has 3 rings (SSSR count). The van der Waals surface area contributed by atoms with Crippen LogP contribution in [0.15, 0.2) is 53.3 Å². The predicted octanol–water partition coefficient (Wildman–Crippen LogP) is 1.51. The van der Waals surface area contributed by atoms with Gasteiger partial charge in [0.05, 0.1) is 5.39 Å². The van der Waals surface area contributed by atoms with Gasteiger partial charge in [-0.3, -0.25) is 4.79 Å². The largest absolute Gasteiger partial charge is 0.479 e. The maximum Gasteiger partial charge on any atom is 0.345 e. The molecule has 1 heterocycles. The first-order valence-electron chi connectivity index (χ1n) is 7.00. The fourth-order valence-electron chi connectivity index (χ4n) is 1.98. The summed E-state index contributed by atoms with van der Waals surface area (Å²) in [5.74, 6) is -1.40. The number of para-hydroxylation sites is 1. The lowest BCUT2D eigenvalue weighted by atomic mass is 10.2. The van der Waals surface area contributed by atoms with Gasteiger partial charge < -0.3 is 9.47 Å². The number of carbonyl (C=O) groups excluding carboxylic acids is 1. The Morgan fingerprint density at radius 1 is 1.12 bits per heavy atom. The average Bonchev–Trinajstić information content (AvgIpc) is 2.61. The summed E-state index contributed by atoms with van der Waals surface area (Å²) in [7, 11) is 0. The molecule has 0 bridgehead atoms. The van der Waals surface area contributed by atoms with E-state index in [2.05, 4.69) is 10.3 Å². The second-order valence-electron chi connectivity index (χ2n) is 4.78. The number of rotatable bonds is 5. The molecule has 0 saturated carbocycles. The monoisotopic (exact) mass is 329 g/mol. The van der Waals surface area contributed by atoms with Gasteiger partial charge in [-0.1, -0.05) is 29.5 Å². The van der Waals surface area contributed by atoms with E-state index in [4.69, 9.17) is 9.47 Å². The highest BCUT2D eigenvalue weighted by atomic mass is 19.1. The molecule has 7 nitrogen and oxygen atoms in total. The number of ether oxygens (including phenoxy) is 2. The van der Waals surface area contributed by atoms with Crippen molar-refractivity contribution in [3.05, 3.63) is 64.7 Å². The van der Waals surface area contributed by atoms with Crippen LogP contribution in [0.2, 0.25) is 0 Å². The van der Waals surface area contributed by atoms with Crippen LogP contribution < -0.4 is 10.3 Å². The van der Waals surface area contributed by atoms with E-state index in [0.717, 1.165) is 4.68 Å². The summed E-state index contributed by atoms with van der Waals surface area (Å²) in [6.45, 7) is -0.896. The number of hydrogen-bond donors (Lipinski definition) is 0. The van der Waals surface area contributed by atoms with E-state index in [1.54, 1.807) is 30.3 Å². The molecule has 2 aromatic carbocycles. The minimum absolute atomic E-state index is 0.0582. The average molecular weight is 329 g/mol. The summed E-state index contributed by atoms with van der Waals surface area (Å²) in [5.41, 5.74) is 0.0244. The molecule has 0 radical (unpaired) electrons. The Hall–Kier alpha value is -3.29. The zero-order chi connectivity index (χ0) is 16.9. The lowest BCUT2D eigenvalue weighted by molar-refractivity contribution is -0.150. The smallest absolute Gasteiger partial charge is 0.345 e. The maximum absolute atomic E-state index is 13.4. The summed E-state index contributed by atoms with van der Waals surface area (Å²) >= 11 is 0. The van der Waals surface area contributed by atoms with Gasteiger partial charge in [-0.2, -0.15) is 4.68 Å². The summed E-state index contributed by atoms with van der Waals surface area (Å²) in [5, 5.41) is 7.92. The highest BCUT2D eigenvalue weighted by molar-refractivity contribution is 5.76. The summed E-state index contributed by atoms with van der Waals surface area (Å²) in [6, 6.07) is 12.4. The molecule has 0 N–H and O–H groups in total. The van der Waals surface area contributed by atoms with Gasteiger partial charge in [0.2, 0.25) is 0 Å². The van der Waals surface area contributed by atoms with Crippen molar-refractivity contribution in [1.29, 1.82) is 0 Å². The Kier molecular flexibility index (Phi) is 4.46. The van der Waals surface area contributed by atoms with Crippen molar-refractivity contribution in [2.24, 2.45) is 0 Å². The second kappa shape index (κ2) is 6.86. The quantitative estimate of drug-likeness (QED) is 0.660. The minimum atomic E-state index is -0.764. The van der Waals surface area contributed by atoms with Crippen molar-refractivity contribution in [3.63, 3.8) is 0 Å². The predicted molar refractivity (Wildman–Crippen MR) is 81.8 cm³/mol. The number of hydrogen-bond acceptors (Lipinski definition) is 6. The fraction of sp³-hybridized carbons (Fsp3) is 0.125. The Morgan fingerprint density at radius 2 is 1.88 bits per heavy atom. The second-order valence-corrected chi connectivity index (χ2v) is 4.78. The number of nitrogens with zero attached hydrogens (tertiary/aromatic N) is 3. The van der Waals surface area contributed by atoms with Crippen molar-refractivity contribution >= 4 is 16.9 Å². The summed E-state index contributed by atoms with van der Waals surface area (Å²) in [6.07, 6.45) is 0. The van der Waals surface area contributed by atoms with Crippen LogP contribution >= 0.6 is 0 Å². The Morgan fingerprint density at radius 3 is 2.71 bits per heavy atom. The number of benzene rings is 2. The molecule has 0 saturated heterocycles. The molecular formula is C16H12FN3O4. The zero-order valence-electron chi connectivity index (χ0n) is 12.4. The Bertz CT molecular complexity index is 942. The third kappa shape index (κ3) is 3.37. The molecule has 1 aromatic heterocycles. The van der Waals surface area contributed by atoms with Crippen molar-refractivity contribution in [3.8, 4) is 5.75 Å². The minimum Gasteiger partial charge on any atom is -0.479 e. The van der Waals surface area contributed by atoms with E-state index in [0.29, 0.717) is 10.9 Å². The fourth-order valence-corrected chi connectivity index (χ4v) is 1.98. The number of halogens is 1. The number of esters is 1. The third-order valence-electron chi connectivity index (χ3n) is 3.16. The van der Waals surface area contributed by atoms with Crippen LogP contribution in [0, 0.1) is 5.82 Å². The van der Waals surface area contributed by atoms with Gasteiger partial charge in [-0.05, 0) is 24.3 Å². The summed E-state index contributed by atoms with van der Waals surface area (Å²) in [4.78, 5) is 23.8. The normalized spacial score (nSPS) is 10.5. The molecule has 3 aromatic rings. The van der Waals surface area contributed by atoms with Gasteiger partial charge in [-0.15, -0.1) is 5.10 Å². The molecule has 8 heteroatoms. The SMILES string of the molecule is O=C(COc1ccccc1F)OCn1nnc2ccccc2c1=O. The van der Waals surface area contributed by atoms with Gasteiger partial charge in [0.25, 0.3) is 5.56 Å². The van der Waals surface area contributed by atoms with Crippen LogP contribution in [0.3, 0.4) is 0 Å². The maximum atomic E-state index is 13.4. The lowest BCUT2D eigenvalue weighted by Crippen LogP contribution is -2.27. The molecule has 0 amide bonds. The molecule has 24 heavy (non-hydrogen) atoms. The van der Waals surface area contributed by atoms with E-state index in [9.17, 15) is 14.0 Å². The first kappa shape index (κ1) is 15.6. The Balaban J connectivity index is 1.61. The Labute approximate surface area is 135 Å². The van der Waals surface area contributed by atoms with Crippen LogP contribution in [0.4, 0.5) is 4.39 Å². The van der Waals surface area contributed by atoms with Gasteiger partial charge in [0, 0.05) is 0 Å². The highest BCUT2D eigenvalue weighted by Crippen LogP contribution is 2.15. The van der Waals surface area contributed by atoms with E-state index < -0.39 is 30.7 Å². The number of carbonyl (C=O) groups is 1. The van der Waals surface area contributed by atoms with Gasteiger partial charge in [0.1, 0.15) is 5.52 Å². The van der Waals surface area contributed by atoms with Crippen LogP contribution in [0.5, 0.6) is 5.75 Å². The van der Waals surface area contributed by atoms with E-state index in [1.165, 1.54) is 18.2 Å². The van der Waals surface area contributed by atoms with E-state index >= 15 is 0 Å². The van der Waals surface area contributed by atoms with Crippen LogP contribution in [-0.2, 0) is 16.3 Å². The molecule has 0 spiro atoms. The lowest BCUT2D eigenvalue weighted by Gasteiger charge is -2.08.